The number of hydrogen-bond donors (Lipinski definition) is 3. The minimum atomic E-state index is -0.958. The Balaban J connectivity index is 4.17. The maximum Gasteiger partial charge on any atom is 0.317 e. The molecule has 0 aliphatic rings. The number of hydrogen-bond acceptors (Lipinski definition) is 3. The Morgan fingerprint density at radius 3 is 2.28 bits per heavy atom. The highest BCUT2D eigenvalue weighted by molar-refractivity contribution is 5.83. The summed E-state index contributed by atoms with van der Waals surface area (Å²) in [6, 6.07) is -0.395. The lowest BCUT2D eigenvalue weighted by Gasteiger charge is -2.25. The van der Waals surface area contributed by atoms with Gasteiger partial charge in [-0.15, -0.1) is 0 Å². The van der Waals surface area contributed by atoms with Crippen molar-refractivity contribution in [1.82, 2.24) is 15.5 Å². The number of amides is 3. The first-order valence-corrected chi connectivity index (χ1v) is 5.63. The first-order chi connectivity index (χ1) is 8.20. The highest BCUT2D eigenvalue weighted by Crippen LogP contribution is 2.13. The first-order valence-electron chi connectivity index (χ1n) is 5.63. The zero-order valence-corrected chi connectivity index (χ0v) is 11.2. The third-order valence-electron chi connectivity index (χ3n) is 2.53. The highest BCUT2D eigenvalue weighted by atomic mass is 16.4. The van der Waals surface area contributed by atoms with Crippen molar-refractivity contribution in [3.63, 3.8) is 0 Å². The average molecular weight is 259 g/mol. The smallest absolute Gasteiger partial charge is 0.317 e. The summed E-state index contributed by atoms with van der Waals surface area (Å²) in [5.74, 6) is -1.13. The zero-order valence-electron chi connectivity index (χ0n) is 11.2. The van der Waals surface area contributed by atoms with Gasteiger partial charge in [-0.25, -0.2) is 4.79 Å². The normalized spacial score (nSPS) is 10.7. The van der Waals surface area contributed by atoms with Crippen LogP contribution >= 0.6 is 0 Å². The topological polar surface area (TPSA) is 98.7 Å². The van der Waals surface area contributed by atoms with Crippen molar-refractivity contribution in [1.29, 1.82) is 0 Å². The molecular weight excluding hydrogens is 238 g/mol. The molecule has 0 aliphatic heterocycles. The molecule has 18 heavy (non-hydrogen) atoms. The Bertz CT molecular complexity index is 328. The van der Waals surface area contributed by atoms with Crippen LogP contribution in [0.4, 0.5) is 4.79 Å². The number of nitrogens with one attached hydrogen (secondary N) is 2. The summed E-state index contributed by atoms with van der Waals surface area (Å²) in [4.78, 5) is 34.7. The van der Waals surface area contributed by atoms with Crippen LogP contribution in [0.25, 0.3) is 0 Å². The molecule has 0 aromatic carbocycles. The summed E-state index contributed by atoms with van der Waals surface area (Å²) in [5, 5.41) is 13.6. The molecule has 0 fully saturated rings. The van der Waals surface area contributed by atoms with Gasteiger partial charge in [0.15, 0.2) is 0 Å². The van der Waals surface area contributed by atoms with Crippen LogP contribution in [0.15, 0.2) is 0 Å². The van der Waals surface area contributed by atoms with Crippen LogP contribution in [-0.4, -0.2) is 55.1 Å². The number of rotatable bonds is 6. The van der Waals surface area contributed by atoms with Crippen molar-refractivity contribution < 1.29 is 19.5 Å². The van der Waals surface area contributed by atoms with Crippen LogP contribution in [0.2, 0.25) is 0 Å². The van der Waals surface area contributed by atoms with E-state index in [1.165, 1.54) is 19.0 Å². The molecular formula is C11H21N3O4. The Labute approximate surface area is 107 Å². The van der Waals surface area contributed by atoms with Gasteiger partial charge in [-0.3, -0.25) is 9.59 Å². The van der Waals surface area contributed by atoms with Crippen LogP contribution in [0.1, 0.15) is 20.3 Å². The van der Waals surface area contributed by atoms with E-state index >= 15 is 0 Å². The van der Waals surface area contributed by atoms with E-state index in [2.05, 4.69) is 10.6 Å². The van der Waals surface area contributed by atoms with Crippen molar-refractivity contribution in [3.05, 3.63) is 0 Å². The standard InChI is InChI=1S/C11H21N3O4/c1-11(2,9(17)12-3)7-13-10(18)14(4)6-5-8(15)16/h5-7H2,1-4H3,(H,12,17)(H,13,18)(H,15,16). The summed E-state index contributed by atoms with van der Waals surface area (Å²) in [5.41, 5.74) is -0.710. The van der Waals surface area contributed by atoms with E-state index in [-0.39, 0.29) is 25.4 Å². The molecule has 7 heteroatoms. The van der Waals surface area contributed by atoms with Crippen molar-refractivity contribution in [3.8, 4) is 0 Å². The molecule has 104 valence electrons. The van der Waals surface area contributed by atoms with Crippen molar-refractivity contribution >= 4 is 17.9 Å². The Morgan fingerprint density at radius 1 is 1.28 bits per heavy atom. The Kier molecular flexibility index (Phi) is 6.15. The quantitative estimate of drug-likeness (QED) is 0.619. The second kappa shape index (κ2) is 6.83. The van der Waals surface area contributed by atoms with Gasteiger partial charge in [0.25, 0.3) is 0 Å². The number of urea groups is 1. The second-order valence-electron chi connectivity index (χ2n) is 4.69. The average Bonchev–Trinajstić information content (AvgIpc) is 2.31. The van der Waals surface area contributed by atoms with E-state index < -0.39 is 17.4 Å². The van der Waals surface area contributed by atoms with Gasteiger partial charge in [0, 0.05) is 27.2 Å². The number of carbonyl (C=O) groups excluding carboxylic acids is 2. The predicted molar refractivity (Wildman–Crippen MR) is 66.1 cm³/mol. The van der Waals surface area contributed by atoms with E-state index in [9.17, 15) is 14.4 Å². The Hall–Kier alpha value is -1.79. The Morgan fingerprint density at radius 2 is 1.83 bits per heavy atom. The molecule has 0 bridgehead atoms. The summed E-state index contributed by atoms with van der Waals surface area (Å²) < 4.78 is 0. The molecule has 0 radical (unpaired) electrons. The van der Waals surface area contributed by atoms with Gasteiger partial charge >= 0.3 is 12.0 Å². The van der Waals surface area contributed by atoms with E-state index in [0.29, 0.717) is 0 Å². The van der Waals surface area contributed by atoms with E-state index in [1.54, 1.807) is 13.8 Å². The van der Waals surface area contributed by atoms with Gasteiger partial charge in [-0.05, 0) is 13.8 Å². The first kappa shape index (κ1) is 16.2. The molecule has 0 spiro atoms. The maximum atomic E-state index is 11.6. The molecule has 0 aromatic rings. The molecule has 0 rings (SSSR count). The molecule has 0 aliphatic carbocycles. The van der Waals surface area contributed by atoms with Crippen molar-refractivity contribution in [2.45, 2.75) is 20.3 Å². The summed E-state index contributed by atoms with van der Waals surface area (Å²) >= 11 is 0. The molecule has 0 unspecified atom stereocenters. The fraction of sp³-hybridized carbons (Fsp3) is 0.727. The minimum absolute atomic E-state index is 0.108. The largest absolute Gasteiger partial charge is 0.481 e. The lowest BCUT2D eigenvalue weighted by molar-refractivity contribution is -0.137. The van der Waals surface area contributed by atoms with Crippen LogP contribution in [0.5, 0.6) is 0 Å². The third-order valence-corrected chi connectivity index (χ3v) is 2.53. The van der Waals surface area contributed by atoms with Crippen LogP contribution in [0, 0.1) is 5.41 Å². The fourth-order valence-corrected chi connectivity index (χ4v) is 1.22. The van der Waals surface area contributed by atoms with Crippen molar-refractivity contribution in [2.24, 2.45) is 5.41 Å². The molecule has 7 nitrogen and oxygen atoms in total. The predicted octanol–water partition coefficient (Wildman–Crippen LogP) is -0.125. The molecule has 0 saturated carbocycles. The summed E-state index contributed by atoms with van der Waals surface area (Å²) in [7, 11) is 3.04. The monoisotopic (exact) mass is 259 g/mol. The fourth-order valence-electron chi connectivity index (χ4n) is 1.22. The van der Waals surface area contributed by atoms with Gasteiger partial charge in [0.2, 0.25) is 5.91 Å². The number of carboxylic acid groups (broad SMARTS) is 1. The molecule has 0 aromatic heterocycles. The van der Waals surface area contributed by atoms with Gasteiger partial charge in [0.1, 0.15) is 0 Å². The van der Waals surface area contributed by atoms with Crippen LogP contribution < -0.4 is 10.6 Å². The molecule has 0 atom stereocenters. The maximum absolute atomic E-state index is 11.6. The zero-order chi connectivity index (χ0) is 14.3. The minimum Gasteiger partial charge on any atom is -0.481 e. The van der Waals surface area contributed by atoms with E-state index in [0.717, 1.165) is 0 Å². The van der Waals surface area contributed by atoms with E-state index in [4.69, 9.17) is 5.11 Å². The summed E-state index contributed by atoms with van der Waals surface area (Å²) in [6.07, 6.45) is -0.108. The van der Waals surface area contributed by atoms with Crippen LogP contribution in [-0.2, 0) is 9.59 Å². The van der Waals surface area contributed by atoms with Gasteiger partial charge < -0.3 is 20.6 Å². The lowest BCUT2D eigenvalue weighted by Crippen LogP contribution is -2.47. The highest BCUT2D eigenvalue weighted by Gasteiger charge is 2.27. The number of carboxylic acids is 1. The van der Waals surface area contributed by atoms with Gasteiger partial charge in [0.05, 0.1) is 11.8 Å². The lowest BCUT2D eigenvalue weighted by atomic mass is 9.92. The number of carbonyl (C=O) groups is 3. The van der Waals surface area contributed by atoms with Crippen molar-refractivity contribution in [2.75, 3.05) is 27.2 Å². The van der Waals surface area contributed by atoms with E-state index in [1.807, 2.05) is 0 Å². The molecule has 3 amide bonds. The molecule has 0 heterocycles. The van der Waals surface area contributed by atoms with Gasteiger partial charge in [-0.2, -0.15) is 0 Å². The number of nitrogens with zero attached hydrogens (tertiary/aromatic N) is 1. The SMILES string of the molecule is CNC(=O)C(C)(C)CNC(=O)N(C)CCC(=O)O. The number of aliphatic carboxylic acids is 1. The second-order valence-corrected chi connectivity index (χ2v) is 4.69. The molecule has 0 saturated heterocycles. The third kappa shape index (κ3) is 5.51. The van der Waals surface area contributed by atoms with Crippen LogP contribution in [0.3, 0.4) is 0 Å². The molecule has 3 N–H and O–H groups in total. The van der Waals surface area contributed by atoms with Gasteiger partial charge in [-0.1, -0.05) is 0 Å². The summed E-state index contributed by atoms with van der Waals surface area (Å²) in [6.45, 7) is 3.73.